The van der Waals surface area contributed by atoms with Gasteiger partial charge in [0.25, 0.3) is 0 Å². The van der Waals surface area contributed by atoms with Crippen LogP contribution in [0, 0.1) is 0 Å². The van der Waals surface area contributed by atoms with E-state index in [-0.39, 0.29) is 34.2 Å². The zero-order valence-electron chi connectivity index (χ0n) is 26.2. The van der Waals surface area contributed by atoms with Crippen molar-refractivity contribution in [2.75, 3.05) is 75.2 Å². The molecule has 236 valence electrons. The lowest BCUT2D eigenvalue weighted by Gasteiger charge is -2.31. The fourth-order valence-corrected chi connectivity index (χ4v) is 6.55. The highest BCUT2D eigenvalue weighted by molar-refractivity contribution is 8.77. The Balaban J connectivity index is 0. The van der Waals surface area contributed by atoms with Crippen LogP contribution in [0.3, 0.4) is 0 Å². The van der Waals surface area contributed by atoms with Gasteiger partial charge in [-0.05, 0) is 46.8 Å². The van der Waals surface area contributed by atoms with Gasteiger partial charge in [0, 0.05) is 55.4 Å². The third-order valence-electron chi connectivity index (χ3n) is 6.62. The monoisotopic (exact) mass is 628 g/mol. The number of amides is 2. The van der Waals surface area contributed by atoms with Crippen LogP contribution in [0.2, 0.25) is 0 Å². The minimum Gasteiger partial charge on any atom is -0.383 e. The number of hydrogen-bond acceptors (Lipinski definition) is 11. The Labute approximate surface area is 255 Å². The first kappa shape index (κ1) is 41.3. The predicted molar refractivity (Wildman–Crippen MR) is 167 cm³/mol. The van der Waals surface area contributed by atoms with E-state index in [1.54, 1.807) is 78.0 Å². The lowest BCUT2D eigenvalue weighted by atomic mass is 10.0. The maximum atomic E-state index is 12.2. The number of carbonyl (C=O) groups excluding carboxylic acids is 4. The summed E-state index contributed by atoms with van der Waals surface area (Å²) in [7, 11) is 13.1. The molecule has 0 rings (SSSR count). The molecule has 40 heavy (non-hydrogen) atoms. The fraction of sp³-hybridized carbons (Fsp3) is 0.852. The summed E-state index contributed by atoms with van der Waals surface area (Å²) >= 11 is 4.53. The molecule has 2 atom stereocenters. The molecule has 0 aliphatic rings. The molecule has 0 aromatic heterocycles. The minimum absolute atomic E-state index is 0.00983. The van der Waals surface area contributed by atoms with Crippen molar-refractivity contribution >= 4 is 57.6 Å². The molecule has 0 aromatic carbocycles. The van der Waals surface area contributed by atoms with Gasteiger partial charge in [0.05, 0.1) is 48.0 Å². The molecule has 2 amide bonds. The van der Waals surface area contributed by atoms with E-state index in [0.717, 1.165) is 0 Å². The number of ketones is 2. The Kier molecular flexibility index (Phi) is 22.5. The molecule has 0 aliphatic carbocycles. The quantitative estimate of drug-likeness (QED) is 0.159. The predicted octanol–water partition coefficient (Wildman–Crippen LogP) is 3.41. The number of carbonyl (C=O) groups is 4. The highest BCUT2D eigenvalue weighted by Crippen LogP contribution is 2.38. The number of likely N-dealkylation sites (N-methyl/N-ethyl adjacent to an activating group) is 2. The molecular weight excluding hydrogens is 577 g/mol. The van der Waals surface area contributed by atoms with Crippen LogP contribution in [0.1, 0.15) is 53.4 Å². The summed E-state index contributed by atoms with van der Waals surface area (Å²) in [5.74, 6) is -0.143. The van der Waals surface area contributed by atoms with Crippen molar-refractivity contribution < 1.29 is 38.1 Å². The summed E-state index contributed by atoms with van der Waals surface area (Å²) in [6, 6.07) is -0.781. The fourth-order valence-electron chi connectivity index (χ4n) is 3.71. The van der Waals surface area contributed by atoms with E-state index in [1.165, 1.54) is 23.6 Å². The Hall–Kier alpha value is -0.830. The Morgan fingerprint density at radius 1 is 0.725 bits per heavy atom. The molecule has 0 radical (unpaired) electrons. The number of methoxy groups -OCH3 is 4. The highest BCUT2D eigenvalue weighted by atomic mass is 33.1. The van der Waals surface area contributed by atoms with E-state index in [2.05, 4.69) is 12.6 Å². The largest absolute Gasteiger partial charge is 0.383 e. The van der Waals surface area contributed by atoms with E-state index in [4.69, 9.17) is 18.9 Å². The minimum atomic E-state index is -0.487. The second-order valence-corrected chi connectivity index (χ2v) is 13.8. The molecule has 0 bridgehead atoms. The van der Waals surface area contributed by atoms with Gasteiger partial charge in [0.2, 0.25) is 11.8 Å². The van der Waals surface area contributed by atoms with Crippen LogP contribution in [0.4, 0.5) is 0 Å². The molecule has 0 aromatic rings. The molecule has 0 heterocycles. The van der Waals surface area contributed by atoms with Gasteiger partial charge >= 0.3 is 0 Å². The maximum Gasteiger partial charge on any atom is 0.222 e. The molecule has 0 unspecified atom stereocenters. The molecular formula is C27H52N2O8S3. The summed E-state index contributed by atoms with van der Waals surface area (Å²) in [6.07, 6.45) is 3.86. The van der Waals surface area contributed by atoms with Crippen molar-refractivity contribution in [1.29, 1.82) is 0 Å². The van der Waals surface area contributed by atoms with E-state index in [1.807, 2.05) is 6.26 Å². The van der Waals surface area contributed by atoms with Crippen molar-refractivity contribution in [2.45, 2.75) is 75.0 Å². The number of thiol groups is 1. The first-order chi connectivity index (χ1) is 18.6. The zero-order chi connectivity index (χ0) is 31.5. The lowest BCUT2D eigenvalue weighted by Crippen LogP contribution is -2.41. The van der Waals surface area contributed by atoms with E-state index < -0.39 is 10.8 Å². The van der Waals surface area contributed by atoms with Crippen molar-refractivity contribution in [3.63, 3.8) is 0 Å². The second kappa shape index (κ2) is 21.8. The van der Waals surface area contributed by atoms with Gasteiger partial charge in [-0.3, -0.25) is 19.2 Å². The van der Waals surface area contributed by atoms with Crippen LogP contribution < -0.4 is 0 Å². The maximum absolute atomic E-state index is 12.2. The SMILES string of the molecule is COCC(CCC(=O)N(C)[C@@H](C)C(C)=O)(COC)SSC.COCC(S)(CCC(=O)N(C)[C@@H](C)C(C)=O)COC. The smallest absolute Gasteiger partial charge is 0.222 e. The van der Waals surface area contributed by atoms with Crippen molar-refractivity contribution in [1.82, 2.24) is 9.80 Å². The first-order valence-electron chi connectivity index (χ1n) is 13.0. The number of rotatable bonds is 20. The van der Waals surface area contributed by atoms with Gasteiger partial charge in [-0.2, -0.15) is 12.6 Å². The Morgan fingerprint density at radius 3 is 1.38 bits per heavy atom. The summed E-state index contributed by atoms with van der Waals surface area (Å²) in [4.78, 5) is 49.8. The Morgan fingerprint density at radius 2 is 1.07 bits per heavy atom. The van der Waals surface area contributed by atoms with Crippen LogP contribution in [0.25, 0.3) is 0 Å². The van der Waals surface area contributed by atoms with Gasteiger partial charge in [-0.1, -0.05) is 21.6 Å². The number of Topliss-reactive ketones (excluding diaryl/α,β-unsaturated/α-hetero) is 2. The molecule has 0 N–H and O–H groups in total. The second-order valence-electron chi connectivity index (χ2n) is 9.97. The summed E-state index contributed by atoms with van der Waals surface area (Å²) in [5, 5.41) is 0. The molecule has 0 saturated carbocycles. The summed E-state index contributed by atoms with van der Waals surface area (Å²) in [5.41, 5.74) is 0. The molecule has 0 spiro atoms. The zero-order valence-corrected chi connectivity index (χ0v) is 28.8. The molecule has 0 aliphatic heterocycles. The third kappa shape index (κ3) is 16.0. The average molecular weight is 629 g/mol. The van der Waals surface area contributed by atoms with Gasteiger partial charge < -0.3 is 28.7 Å². The van der Waals surface area contributed by atoms with Crippen molar-refractivity contribution in [3.8, 4) is 0 Å². The Bertz CT molecular complexity index is 749. The van der Waals surface area contributed by atoms with Gasteiger partial charge in [-0.15, -0.1) is 0 Å². The van der Waals surface area contributed by atoms with Gasteiger partial charge in [-0.25, -0.2) is 0 Å². The van der Waals surface area contributed by atoms with E-state index in [9.17, 15) is 19.2 Å². The number of hydrogen-bond donors (Lipinski definition) is 1. The van der Waals surface area contributed by atoms with Crippen LogP contribution in [-0.4, -0.2) is 130 Å². The van der Waals surface area contributed by atoms with E-state index in [0.29, 0.717) is 52.1 Å². The summed E-state index contributed by atoms with van der Waals surface area (Å²) < 4.78 is 20.1. The van der Waals surface area contributed by atoms with Crippen LogP contribution in [0.15, 0.2) is 0 Å². The number of ether oxygens (including phenoxy) is 4. The average Bonchev–Trinajstić information content (AvgIpc) is 2.89. The normalized spacial score (nSPS) is 13.1. The highest BCUT2D eigenvalue weighted by Gasteiger charge is 2.33. The van der Waals surface area contributed by atoms with Gasteiger partial charge in [0.1, 0.15) is 0 Å². The lowest BCUT2D eigenvalue weighted by molar-refractivity contribution is -0.137. The molecule has 10 nitrogen and oxygen atoms in total. The first-order valence-corrected chi connectivity index (χ1v) is 16.0. The van der Waals surface area contributed by atoms with Crippen molar-refractivity contribution in [3.05, 3.63) is 0 Å². The molecule has 0 saturated heterocycles. The topological polar surface area (TPSA) is 112 Å². The molecule has 0 fully saturated rings. The summed E-state index contributed by atoms with van der Waals surface area (Å²) in [6.45, 7) is 8.29. The van der Waals surface area contributed by atoms with Gasteiger partial charge in [0.15, 0.2) is 11.6 Å². The third-order valence-corrected chi connectivity index (χ3v) is 9.63. The standard InChI is InChI=1S/C14H27NO4S2.C13H25NO4S/c1-11(12(2)16)15(3)13(17)7-8-14(9-18-4,10-19-5)21-20-6;1-10(11(2)15)14(3)12(16)6-7-13(19,8-17-4)9-18-5/h11H,7-10H2,1-6H3;10,19H,6-9H2,1-5H3/t11-;10-/m00/s1. The van der Waals surface area contributed by atoms with E-state index >= 15 is 0 Å². The number of nitrogens with zero attached hydrogens (tertiary/aromatic N) is 2. The van der Waals surface area contributed by atoms with Crippen LogP contribution in [-0.2, 0) is 38.1 Å². The van der Waals surface area contributed by atoms with Crippen LogP contribution in [0.5, 0.6) is 0 Å². The van der Waals surface area contributed by atoms with Crippen LogP contribution >= 0.6 is 34.2 Å². The molecule has 13 heteroatoms. The van der Waals surface area contributed by atoms with Crippen molar-refractivity contribution in [2.24, 2.45) is 0 Å².